The molecular weight excluding hydrogens is 915 g/mol. The fraction of sp³-hybridized carbons (Fsp3) is 0.0256. The van der Waals surface area contributed by atoms with Gasteiger partial charge in [0.15, 0.2) is 16.6 Å². The van der Waals surface area contributed by atoms with Crippen LogP contribution in [0.4, 0.5) is 44.5 Å². The maximum Gasteiger partial charge on any atom is 0.295 e. The van der Waals surface area contributed by atoms with Crippen molar-refractivity contribution in [3.8, 4) is 17.3 Å². The van der Waals surface area contributed by atoms with Crippen molar-refractivity contribution < 1.29 is 43.7 Å². The molecule has 7 aromatic rings. The maximum atomic E-state index is 12.2. The predicted octanol–water partition coefficient (Wildman–Crippen LogP) is 9.70. The molecule has 0 radical (unpaired) electrons. The molecule has 0 saturated carbocycles. The smallest absolute Gasteiger partial charge is 0.295 e. The highest BCUT2D eigenvalue weighted by Gasteiger charge is 2.21. The number of hydrogen-bond donors (Lipinski definition) is 6. The van der Waals surface area contributed by atoms with E-state index >= 15 is 0 Å². The number of carbonyl (C=O) groups excluding carboxylic acids is 1. The number of pyridine rings is 1. The molecule has 19 nitrogen and oxygen atoms in total. The number of nitrogens with zero attached hydrogens (tertiary/aromatic N) is 7. The van der Waals surface area contributed by atoms with Crippen LogP contribution in [0.3, 0.4) is 0 Å². The Labute approximate surface area is 367 Å². The molecule has 0 saturated heterocycles. The second kappa shape index (κ2) is 17.5. The van der Waals surface area contributed by atoms with Crippen LogP contribution in [0.1, 0.15) is 21.5 Å². The molecule has 0 unspecified atom stereocenters. The molecule has 2 heterocycles. The van der Waals surface area contributed by atoms with Crippen molar-refractivity contribution >= 4 is 116 Å². The number of nitriles is 1. The van der Waals surface area contributed by atoms with Gasteiger partial charge in [0, 0.05) is 38.3 Å². The van der Waals surface area contributed by atoms with Gasteiger partial charge in [-0.2, -0.15) is 30.5 Å². The number of aromatic nitrogens is 2. The van der Waals surface area contributed by atoms with Gasteiger partial charge in [0.2, 0.25) is 5.13 Å². The fourth-order valence-corrected chi connectivity index (χ4v) is 8.69. The van der Waals surface area contributed by atoms with Crippen molar-refractivity contribution in [1.82, 2.24) is 9.97 Å². The van der Waals surface area contributed by atoms with Crippen molar-refractivity contribution in [2.75, 3.05) is 10.6 Å². The molecule has 5 N–H and O–H groups in total. The Bertz CT molecular complexity index is 3410. The van der Waals surface area contributed by atoms with E-state index in [1.165, 1.54) is 36.4 Å². The van der Waals surface area contributed by atoms with E-state index in [4.69, 9.17) is 0 Å². The van der Waals surface area contributed by atoms with E-state index in [2.05, 4.69) is 59.8 Å². The first-order chi connectivity index (χ1) is 29.8. The molecule has 0 aliphatic carbocycles. The topological polar surface area (TPSA) is 303 Å². The Balaban J connectivity index is 1.31. The fourth-order valence-electron chi connectivity index (χ4n) is 5.91. The summed E-state index contributed by atoms with van der Waals surface area (Å²) in [5.41, 5.74) is 2.24. The van der Waals surface area contributed by atoms with E-state index in [-0.39, 0.29) is 81.4 Å². The standard InChI is InChI=1S/C39H27N9O10S5/c1-21-32(19-40)36(41-25-8-12-29(13-9-25)61(50,51)52)44-37(42-26-10-14-30(15-11-26)62(53,54)55)34(21)46-48-39-43-35(23-4-2-22(20-49)3-5-23)38(60-39)47-45-27-7-6-24-16-28(59)18-33(31(24)17-27)63(56,57)58/h2-18,20,59H,1H3,(H2,41,42,44)(H,50,51,52)(H,53,54,55)(H,56,57,58). The molecule has 0 bridgehead atoms. The van der Waals surface area contributed by atoms with E-state index < -0.39 is 30.4 Å². The van der Waals surface area contributed by atoms with E-state index in [1.54, 1.807) is 49.4 Å². The minimum Gasteiger partial charge on any atom is -0.339 e. The van der Waals surface area contributed by atoms with Crippen LogP contribution < -0.4 is 10.6 Å². The zero-order valence-corrected chi connectivity index (χ0v) is 36.0. The molecule has 24 heteroatoms. The molecule has 5 aromatic carbocycles. The Hall–Kier alpha value is -6.82. The summed E-state index contributed by atoms with van der Waals surface area (Å²) in [7, 11) is -13.6. The molecule has 63 heavy (non-hydrogen) atoms. The Morgan fingerprint density at radius 2 is 1.32 bits per heavy atom. The number of azo groups is 2. The SMILES string of the molecule is Cc1c(C#N)c(Nc2ccc(S(=O)(=O)O)cc2)nc(Nc2ccc(S(=O)(=O)O)cc2)c1N=Nc1nc(-c2ccc(C=O)cc2)c(N=Nc2ccc3cc(S)cc(S(=O)(=O)O)c3c2)s1. The number of thiol groups is 1. The molecule has 0 amide bonds. The van der Waals surface area contributed by atoms with Crippen LogP contribution in [0.5, 0.6) is 0 Å². The molecule has 0 fully saturated rings. The summed E-state index contributed by atoms with van der Waals surface area (Å²) in [4.78, 5) is 19.8. The summed E-state index contributed by atoms with van der Waals surface area (Å²) < 4.78 is 99.7. The first-order valence-corrected chi connectivity index (χ1v) is 23.2. The van der Waals surface area contributed by atoms with Crippen LogP contribution in [0.15, 0.2) is 143 Å². The van der Waals surface area contributed by atoms with Crippen LogP contribution in [0.25, 0.3) is 22.0 Å². The monoisotopic (exact) mass is 941 g/mol. The van der Waals surface area contributed by atoms with Gasteiger partial charge in [-0.05, 0) is 85.1 Å². The van der Waals surface area contributed by atoms with E-state index in [9.17, 15) is 49.0 Å². The van der Waals surface area contributed by atoms with Crippen LogP contribution in [0, 0.1) is 18.3 Å². The van der Waals surface area contributed by atoms with Crippen molar-refractivity contribution in [2.24, 2.45) is 20.5 Å². The molecule has 318 valence electrons. The van der Waals surface area contributed by atoms with Gasteiger partial charge in [0.25, 0.3) is 30.4 Å². The molecule has 0 spiro atoms. The van der Waals surface area contributed by atoms with Gasteiger partial charge >= 0.3 is 0 Å². The second-order valence-electron chi connectivity index (χ2n) is 13.1. The summed E-state index contributed by atoms with van der Waals surface area (Å²) >= 11 is 5.18. The quantitative estimate of drug-likeness (QED) is 0.0271. The highest BCUT2D eigenvalue weighted by molar-refractivity contribution is 7.86. The Morgan fingerprint density at radius 1 is 0.714 bits per heavy atom. The third kappa shape index (κ3) is 10.1. The lowest BCUT2D eigenvalue weighted by Crippen LogP contribution is -2.05. The number of rotatable bonds is 13. The maximum absolute atomic E-state index is 12.2. The van der Waals surface area contributed by atoms with Crippen molar-refractivity contribution in [1.29, 1.82) is 5.26 Å². The van der Waals surface area contributed by atoms with Crippen LogP contribution >= 0.6 is 24.0 Å². The van der Waals surface area contributed by atoms with Gasteiger partial charge in [0.05, 0.1) is 21.0 Å². The van der Waals surface area contributed by atoms with Crippen LogP contribution in [-0.4, -0.2) is 55.2 Å². The average molecular weight is 942 g/mol. The summed E-state index contributed by atoms with van der Waals surface area (Å²) in [6, 6.07) is 25.8. The van der Waals surface area contributed by atoms with Gasteiger partial charge in [-0.25, -0.2) is 9.97 Å². The number of hydrogen-bond acceptors (Lipinski definition) is 18. The van der Waals surface area contributed by atoms with Crippen molar-refractivity contribution in [3.05, 3.63) is 120 Å². The number of thiazole rings is 1. The minimum atomic E-state index is -4.63. The lowest BCUT2D eigenvalue weighted by molar-refractivity contribution is 0.112. The normalized spacial score (nSPS) is 12.2. The van der Waals surface area contributed by atoms with Crippen molar-refractivity contribution in [3.63, 3.8) is 0 Å². The third-order valence-corrected chi connectivity index (χ3v) is 12.6. The highest BCUT2D eigenvalue weighted by atomic mass is 32.2. The average Bonchev–Trinajstić information content (AvgIpc) is 3.65. The molecular formula is C39H27N9O10S5. The molecule has 7 rings (SSSR count). The number of anilines is 4. The van der Waals surface area contributed by atoms with Gasteiger partial charge in [-0.15, -0.1) is 33.1 Å². The molecule has 0 aliphatic heterocycles. The van der Waals surface area contributed by atoms with Gasteiger partial charge < -0.3 is 10.6 Å². The third-order valence-electron chi connectivity index (χ3n) is 8.93. The predicted molar refractivity (Wildman–Crippen MR) is 235 cm³/mol. The number of fused-ring (bicyclic) bond motifs is 1. The summed E-state index contributed by atoms with van der Waals surface area (Å²) in [5, 5.41) is 34.7. The number of nitrogens with one attached hydrogen (secondary N) is 2. The van der Waals surface area contributed by atoms with E-state index in [0.717, 1.165) is 35.6 Å². The van der Waals surface area contributed by atoms with Gasteiger partial charge in [0.1, 0.15) is 28.6 Å². The molecule has 0 aliphatic rings. The first-order valence-electron chi connectivity index (χ1n) is 17.6. The van der Waals surface area contributed by atoms with Gasteiger partial charge in [-0.1, -0.05) is 41.7 Å². The lowest BCUT2D eigenvalue weighted by Gasteiger charge is -2.16. The Morgan fingerprint density at radius 3 is 1.87 bits per heavy atom. The zero-order valence-electron chi connectivity index (χ0n) is 31.8. The lowest BCUT2D eigenvalue weighted by atomic mass is 10.1. The largest absolute Gasteiger partial charge is 0.339 e. The number of carbonyl (C=O) groups is 1. The Kier molecular flexibility index (Phi) is 12.3. The van der Waals surface area contributed by atoms with E-state index in [1.807, 2.05) is 0 Å². The zero-order chi connectivity index (χ0) is 45.3. The van der Waals surface area contributed by atoms with Crippen LogP contribution in [0.2, 0.25) is 0 Å². The summed E-state index contributed by atoms with van der Waals surface area (Å²) in [6.07, 6.45) is 0.670. The molecule has 0 atom stereocenters. The summed E-state index contributed by atoms with van der Waals surface area (Å²) in [6.45, 7) is 1.56. The first kappa shape index (κ1) is 44.2. The second-order valence-corrected chi connectivity index (χ2v) is 18.8. The summed E-state index contributed by atoms with van der Waals surface area (Å²) in [5.74, 6) is -0.00858. The number of benzene rings is 5. The highest BCUT2D eigenvalue weighted by Crippen LogP contribution is 2.43. The van der Waals surface area contributed by atoms with Crippen LogP contribution in [-0.2, 0) is 30.4 Å². The minimum absolute atomic E-state index is 0.00124. The molecule has 2 aromatic heterocycles. The van der Waals surface area contributed by atoms with Gasteiger partial charge in [-0.3, -0.25) is 18.5 Å². The number of aldehydes is 1. The van der Waals surface area contributed by atoms with Crippen molar-refractivity contribution in [2.45, 2.75) is 26.5 Å². The van der Waals surface area contributed by atoms with E-state index in [0.29, 0.717) is 27.7 Å².